The first-order valence-corrected chi connectivity index (χ1v) is 10.4. The van der Waals surface area contributed by atoms with Gasteiger partial charge in [0.15, 0.2) is 11.6 Å². The Labute approximate surface area is 162 Å². The fourth-order valence-corrected chi connectivity index (χ4v) is 3.54. The minimum absolute atomic E-state index is 0.785. The van der Waals surface area contributed by atoms with Gasteiger partial charge in [0.2, 0.25) is 0 Å². The molecule has 27 heavy (non-hydrogen) atoms. The van der Waals surface area contributed by atoms with Gasteiger partial charge in [0, 0.05) is 32.3 Å². The van der Waals surface area contributed by atoms with Crippen LogP contribution in [-0.2, 0) is 6.42 Å². The van der Waals surface area contributed by atoms with Crippen molar-refractivity contribution in [3.8, 4) is 0 Å². The second-order valence-electron chi connectivity index (χ2n) is 7.09. The lowest BCUT2D eigenvalue weighted by atomic mass is 10.2. The predicted molar refractivity (Wildman–Crippen MR) is 110 cm³/mol. The zero-order valence-corrected chi connectivity index (χ0v) is 16.5. The number of nitrogens with zero attached hydrogens (tertiary/aromatic N) is 5. The van der Waals surface area contributed by atoms with Crippen LogP contribution in [-0.4, -0.2) is 64.7 Å². The van der Waals surface area contributed by atoms with Gasteiger partial charge in [0.05, 0.1) is 0 Å². The predicted octanol–water partition coefficient (Wildman–Crippen LogP) is 2.09. The molecule has 1 saturated heterocycles. The zero-order valence-electron chi connectivity index (χ0n) is 16.5. The summed E-state index contributed by atoms with van der Waals surface area (Å²) in [6, 6.07) is 5.95. The molecule has 0 bridgehead atoms. The molecule has 2 N–H and O–H groups in total. The first-order chi connectivity index (χ1) is 13.4. The molecule has 0 aliphatic carbocycles. The molecule has 148 valence electrons. The van der Waals surface area contributed by atoms with Crippen LogP contribution in [0.1, 0.15) is 44.9 Å². The van der Waals surface area contributed by atoms with Crippen molar-refractivity contribution < 1.29 is 0 Å². The maximum absolute atomic E-state index is 4.73. The SMILES string of the molecule is CCNC(=NCCCN1CCCCCC1)NCCc1nnc2ccccn12. The smallest absolute Gasteiger partial charge is 0.191 e. The topological polar surface area (TPSA) is 69.8 Å². The molecule has 2 aromatic heterocycles. The quantitative estimate of drug-likeness (QED) is 0.422. The number of hydrogen-bond donors (Lipinski definition) is 2. The maximum Gasteiger partial charge on any atom is 0.191 e. The Morgan fingerprint density at radius 2 is 1.96 bits per heavy atom. The highest BCUT2D eigenvalue weighted by Gasteiger charge is 2.08. The van der Waals surface area contributed by atoms with Gasteiger partial charge in [-0.2, -0.15) is 0 Å². The van der Waals surface area contributed by atoms with E-state index in [1.165, 1.54) is 38.8 Å². The normalized spacial score (nSPS) is 16.4. The van der Waals surface area contributed by atoms with Gasteiger partial charge in [0.1, 0.15) is 5.82 Å². The third kappa shape index (κ3) is 6.20. The molecule has 7 heteroatoms. The van der Waals surface area contributed by atoms with E-state index in [9.17, 15) is 0 Å². The summed E-state index contributed by atoms with van der Waals surface area (Å²) in [5, 5.41) is 15.2. The number of aliphatic imine (C=N–C) groups is 1. The zero-order chi connectivity index (χ0) is 18.7. The van der Waals surface area contributed by atoms with Crippen molar-refractivity contribution in [1.29, 1.82) is 0 Å². The fraction of sp³-hybridized carbons (Fsp3) is 0.650. The molecule has 7 nitrogen and oxygen atoms in total. The average Bonchev–Trinajstić information content (AvgIpc) is 2.92. The number of guanidine groups is 1. The highest BCUT2D eigenvalue weighted by molar-refractivity contribution is 5.79. The van der Waals surface area contributed by atoms with E-state index in [0.717, 1.165) is 56.5 Å². The van der Waals surface area contributed by atoms with Crippen LogP contribution in [0.5, 0.6) is 0 Å². The number of pyridine rings is 1. The van der Waals surface area contributed by atoms with Crippen molar-refractivity contribution in [3.05, 3.63) is 30.2 Å². The fourth-order valence-electron chi connectivity index (χ4n) is 3.54. The van der Waals surface area contributed by atoms with E-state index in [-0.39, 0.29) is 0 Å². The lowest BCUT2D eigenvalue weighted by molar-refractivity contribution is 0.283. The molecule has 1 aliphatic rings. The first kappa shape index (κ1) is 19.6. The average molecular weight is 372 g/mol. The van der Waals surface area contributed by atoms with Crippen LogP contribution in [0.3, 0.4) is 0 Å². The Morgan fingerprint density at radius 3 is 2.78 bits per heavy atom. The van der Waals surface area contributed by atoms with Crippen molar-refractivity contribution in [3.63, 3.8) is 0 Å². The van der Waals surface area contributed by atoms with E-state index in [1.54, 1.807) is 0 Å². The molecule has 0 amide bonds. The summed E-state index contributed by atoms with van der Waals surface area (Å²) in [4.78, 5) is 7.32. The number of likely N-dealkylation sites (tertiary alicyclic amines) is 1. The Bertz CT molecular complexity index is 701. The standard InChI is InChI=1S/C20H33N7/c1-2-21-20(22-12-9-16-26-14-6-3-4-7-15-26)23-13-11-19-25-24-18-10-5-8-17-27(18)19/h5,8,10,17H,2-4,6-7,9,11-16H2,1H3,(H2,21,22,23). The number of fused-ring (bicyclic) bond motifs is 1. The molecule has 0 unspecified atom stereocenters. The minimum Gasteiger partial charge on any atom is -0.357 e. The lowest BCUT2D eigenvalue weighted by Gasteiger charge is -2.19. The van der Waals surface area contributed by atoms with Gasteiger partial charge in [-0.05, 0) is 58.0 Å². The van der Waals surface area contributed by atoms with Crippen LogP contribution in [0.25, 0.3) is 5.65 Å². The van der Waals surface area contributed by atoms with Crippen molar-refractivity contribution >= 4 is 11.6 Å². The van der Waals surface area contributed by atoms with Crippen LogP contribution in [0.2, 0.25) is 0 Å². The van der Waals surface area contributed by atoms with E-state index in [1.807, 2.05) is 28.8 Å². The van der Waals surface area contributed by atoms with Crippen molar-refractivity contribution in [2.24, 2.45) is 4.99 Å². The second kappa shape index (κ2) is 10.9. The Morgan fingerprint density at radius 1 is 1.11 bits per heavy atom. The number of rotatable bonds is 8. The molecule has 0 radical (unpaired) electrons. The van der Waals surface area contributed by atoms with Crippen LogP contribution >= 0.6 is 0 Å². The van der Waals surface area contributed by atoms with E-state index in [4.69, 9.17) is 4.99 Å². The Kier molecular flexibility index (Phi) is 7.89. The number of hydrogen-bond acceptors (Lipinski definition) is 4. The Hall–Kier alpha value is -2.15. The summed E-state index contributed by atoms with van der Waals surface area (Å²) in [6.45, 7) is 8.29. The van der Waals surface area contributed by atoms with E-state index < -0.39 is 0 Å². The van der Waals surface area contributed by atoms with E-state index in [0.29, 0.717) is 0 Å². The van der Waals surface area contributed by atoms with Gasteiger partial charge in [0.25, 0.3) is 0 Å². The highest BCUT2D eigenvalue weighted by Crippen LogP contribution is 2.09. The molecule has 1 fully saturated rings. The maximum atomic E-state index is 4.73. The molecule has 0 spiro atoms. The van der Waals surface area contributed by atoms with Gasteiger partial charge in [-0.1, -0.05) is 18.9 Å². The van der Waals surface area contributed by atoms with Crippen molar-refractivity contribution in [2.45, 2.75) is 45.4 Å². The third-order valence-electron chi connectivity index (χ3n) is 4.97. The minimum atomic E-state index is 0.785. The monoisotopic (exact) mass is 371 g/mol. The molecule has 0 aromatic carbocycles. The van der Waals surface area contributed by atoms with Crippen LogP contribution in [0.4, 0.5) is 0 Å². The van der Waals surface area contributed by atoms with Crippen LogP contribution < -0.4 is 10.6 Å². The van der Waals surface area contributed by atoms with Crippen molar-refractivity contribution in [1.82, 2.24) is 30.1 Å². The summed E-state index contributed by atoms with van der Waals surface area (Å²) in [6.07, 6.45) is 9.42. The highest BCUT2D eigenvalue weighted by atomic mass is 15.2. The molecule has 3 heterocycles. The largest absolute Gasteiger partial charge is 0.357 e. The van der Waals surface area contributed by atoms with Crippen LogP contribution in [0, 0.1) is 0 Å². The summed E-state index contributed by atoms with van der Waals surface area (Å²) in [5.41, 5.74) is 0.890. The Balaban J connectivity index is 1.41. The van der Waals surface area contributed by atoms with Gasteiger partial charge < -0.3 is 15.5 Å². The molecule has 2 aromatic rings. The van der Waals surface area contributed by atoms with Gasteiger partial charge in [-0.15, -0.1) is 10.2 Å². The van der Waals surface area contributed by atoms with Gasteiger partial charge in [-0.25, -0.2) is 0 Å². The van der Waals surface area contributed by atoms with Gasteiger partial charge in [-0.3, -0.25) is 9.39 Å². The number of nitrogens with one attached hydrogen (secondary N) is 2. The lowest BCUT2D eigenvalue weighted by Crippen LogP contribution is -2.38. The van der Waals surface area contributed by atoms with Crippen LogP contribution in [0.15, 0.2) is 29.4 Å². The molecule has 1 aliphatic heterocycles. The summed E-state index contributed by atoms with van der Waals surface area (Å²) < 4.78 is 2.03. The third-order valence-corrected chi connectivity index (χ3v) is 4.97. The molecule has 0 saturated carbocycles. The van der Waals surface area contributed by atoms with E-state index in [2.05, 4.69) is 32.7 Å². The molecular formula is C20H33N7. The first-order valence-electron chi connectivity index (χ1n) is 10.4. The number of aromatic nitrogens is 3. The molecular weight excluding hydrogens is 338 g/mol. The van der Waals surface area contributed by atoms with Gasteiger partial charge >= 0.3 is 0 Å². The molecule has 0 atom stereocenters. The summed E-state index contributed by atoms with van der Waals surface area (Å²) in [7, 11) is 0. The second-order valence-corrected chi connectivity index (χ2v) is 7.09. The van der Waals surface area contributed by atoms with Crippen molar-refractivity contribution in [2.75, 3.05) is 39.3 Å². The van der Waals surface area contributed by atoms with E-state index >= 15 is 0 Å². The summed E-state index contributed by atoms with van der Waals surface area (Å²) >= 11 is 0. The summed E-state index contributed by atoms with van der Waals surface area (Å²) in [5.74, 6) is 1.86. The molecule has 3 rings (SSSR count).